The highest BCUT2D eigenvalue weighted by Gasteiger charge is 2.18. The second-order valence-corrected chi connectivity index (χ2v) is 8.63. The largest absolute Gasteiger partial charge is 0.325 e. The number of thioether (sulfide) groups is 1. The van der Waals surface area contributed by atoms with E-state index >= 15 is 0 Å². The number of primary sulfonamides is 1. The van der Waals surface area contributed by atoms with Gasteiger partial charge in [0.25, 0.3) is 0 Å². The summed E-state index contributed by atoms with van der Waals surface area (Å²) in [5.74, 6) is -0.203. The van der Waals surface area contributed by atoms with Crippen molar-refractivity contribution in [2.75, 3.05) is 5.32 Å². The van der Waals surface area contributed by atoms with Crippen molar-refractivity contribution in [1.29, 1.82) is 0 Å². The van der Waals surface area contributed by atoms with Gasteiger partial charge in [-0.2, -0.15) is 0 Å². The van der Waals surface area contributed by atoms with Crippen molar-refractivity contribution in [1.82, 2.24) is 9.55 Å². The fourth-order valence-electron chi connectivity index (χ4n) is 2.41. The molecule has 26 heavy (non-hydrogen) atoms. The van der Waals surface area contributed by atoms with Crippen LogP contribution in [0.4, 0.5) is 5.69 Å². The molecule has 0 saturated carbocycles. The molecular formula is C17H18N4O3S2. The molecule has 3 rings (SSSR count). The lowest BCUT2D eigenvalue weighted by atomic mass is 10.3. The van der Waals surface area contributed by atoms with Crippen LogP contribution >= 0.6 is 11.8 Å². The number of hydrogen-bond acceptors (Lipinski definition) is 5. The molecule has 1 heterocycles. The molecule has 0 aliphatic rings. The van der Waals surface area contributed by atoms with Gasteiger partial charge in [-0.15, -0.1) is 0 Å². The minimum Gasteiger partial charge on any atom is -0.325 e. The van der Waals surface area contributed by atoms with E-state index in [1.807, 2.05) is 35.9 Å². The number of aryl methyl sites for hydroxylation is 1. The first-order chi connectivity index (χ1) is 12.3. The standard InChI is InChI=1S/C17H18N4O3S2/c1-11(25-17-20-14-5-3-4-6-15(14)21(17)2)16(22)19-12-7-9-13(10-8-12)26(18,23)24/h3-11H,1-2H3,(H,19,22)(H2,18,23,24). The van der Waals surface area contributed by atoms with E-state index < -0.39 is 10.0 Å². The van der Waals surface area contributed by atoms with Crippen molar-refractivity contribution in [2.45, 2.75) is 22.2 Å². The van der Waals surface area contributed by atoms with Gasteiger partial charge in [-0.3, -0.25) is 4.79 Å². The molecule has 9 heteroatoms. The topological polar surface area (TPSA) is 107 Å². The van der Waals surface area contributed by atoms with Crippen molar-refractivity contribution in [3.05, 3.63) is 48.5 Å². The quantitative estimate of drug-likeness (QED) is 0.650. The number of nitrogens with one attached hydrogen (secondary N) is 1. The first-order valence-electron chi connectivity index (χ1n) is 7.77. The maximum atomic E-state index is 12.4. The van der Waals surface area contributed by atoms with E-state index in [1.54, 1.807) is 6.92 Å². The Morgan fingerprint density at radius 3 is 2.46 bits per heavy atom. The van der Waals surface area contributed by atoms with Gasteiger partial charge in [0.15, 0.2) is 5.16 Å². The first-order valence-corrected chi connectivity index (χ1v) is 10.2. The number of nitrogens with zero attached hydrogens (tertiary/aromatic N) is 2. The average molecular weight is 390 g/mol. The minimum absolute atomic E-state index is 0.00220. The molecule has 0 aliphatic heterocycles. The number of para-hydroxylation sites is 2. The molecule has 2 aromatic carbocycles. The second-order valence-electron chi connectivity index (χ2n) is 5.76. The van der Waals surface area contributed by atoms with E-state index in [9.17, 15) is 13.2 Å². The molecule has 7 nitrogen and oxygen atoms in total. The van der Waals surface area contributed by atoms with Crippen LogP contribution in [0.25, 0.3) is 11.0 Å². The van der Waals surface area contributed by atoms with Crippen LogP contribution in [-0.4, -0.2) is 29.1 Å². The maximum absolute atomic E-state index is 12.4. The van der Waals surface area contributed by atoms with Crippen LogP contribution in [0.15, 0.2) is 58.6 Å². The fourth-order valence-corrected chi connectivity index (χ4v) is 3.82. The molecule has 1 amide bonds. The number of aromatic nitrogens is 2. The monoisotopic (exact) mass is 390 g/mol. The number of amides is 1. The molecule has 1 unspecified atom stereocenters. The predicted octanol–water partition coefficient (Wildman–Crippen LogP) is 2.34. The van der Waals surface area contributed by atoms with Crippen LogP contribution in [-0.2, 0) is 21.9 Å². The average Bonchev–Trinajstić information content (AvgIpc) is 2.91. The van der Waals surface area contributed by atoms with Gasteiger partial charge in [0.2, 0.25) is 15.9 Å². The van der Waals surface area contributed by atoms with E-state index in [0.29, 0.717) is 5.69 Å². The van der Waals surface area contributed by atoms with Crippen molar-refractivity contribution >= 4 is 44.4 Å². The van der Waals surface area contributed by atoms with Gasteiger partial charge in [0.1, 0.15) is 0 Å². The van der Waals surface area contributed by atoms with E-state index in [1.165, 1.54) is 36.0 Å². The lowest BCUT2D eigenvalue weighted by molar-refractivity contribution is -0.115. The van der Waals surface area contributed by atoms with E-state index in [0.717, 1.165) is 16.2 Å². The summed E-state index contributed by atoms with van der Waals surface area (Å²) in [6, 6.07) is 13.5. The minimum atomic E-state index is -3.75. The Labute approximate surface area is 155 Å². The van der Waals surface area contributed by atoms with Crippen molar-refractivity contribution < 1.29 is 13.2 Å². The number of benzene rings is 2. The van der Waals surface area contributed by atoms with Crippen molar-refractivity contribution in [3.63, 3.8) is 0 Å². The molecule has 0 spiro atoms. The van der Waals surface area contributed by atoms with E-state index in [-0.39, 0.29) is 16.1 Å². The maximum Gasteiger partial charge on any atom is 0.238 e. The Morgan fingerprint density at radius 2 is 1.85 bits per heavy atom. The number of imidazole rings is 1. The number of carbonyl (C=O) groups excluding carboxylic acids is 1. The van der Waals surface area contributed by atoms with Crippen LogP contribution in [0, 0.1) is 0 Å². The Kier molecular flexibility index (Phi) is 5.03. The molecule has 3 N–H and O–H groups in total. The molecule has 3 aromatic rings. The molecule has 0 fully saturated rings. The number of rotatable bonds is 5. The SMILES string of the molecule is CC(Sc1nc2ccccc2n1C)C(=O)Nc1ccc(S(N)(=O)=O)cc1. The summed E-state index contributed by atoms with van der Waals surface area (Å²) in [7, 11) is -1.84. The summed E-state index contributed by atoms with van der Waals surface area (Å²) < 4.78 is 24.5. The molecule has 0 bridgehead atoms. The molecule has 0 saturated heterocycles. The number of fused-ring (bicyclic) bond motifs is 1. The summed E-state index contributed by atoms with van der Waals surface area (Å²) in [5.41, 5.74) is 2.38. The zero-order valence-corrected chi connectivity index (χ0v) is 15.8. The fraction of sp³-hybridized carbons (Fsp3) is 0.176. The van der Waals surface area contributed by atoms with Crippen LogP contribution < -0.4 is 10.5 Å². The van der Waals surface area contributed by atoms with Crippen molar-refractivity contribution in [2.24, 2.45) is 12.2 Å². The first kappa shape index (κ1) is 18.4. The molecule has 136 valence electrons. The normalized spacial score (nSPS) is 12.9. The number of anilines is 1. The van der Waals surface area contributed by atoms with Crippen LogP contribution in [0.3, 0.4) is 0 Å². The third kappa shape index (κ3) is 3.90. The molecule has 1 aromatic heterocycles. The number of carbonyl (C=O) groups is 1. The highest BCUT2D eigenvalue weighted by molar-refractivity contribution is 8.00. The van der Waals surface area contributed by atoms with Gasteiger partial charge in [-0.05, 0) is 43.3 Å². The van der Waals surface area contributed by atoms with Gasteiger partial charge in [-0.1, -0.05) is 23.9 Å². The zero-order valence-electron chi connectivity index (χ0n) is 14.2. The zero-order chi connectivity index (χ0) is 18.9. The second kappa shape index (κ2) is 7.10. The summed E-state index contributed by atoms with van der Waals surface area (Å²) in [5, 5.41) is 8.18. The van der Waals surface area contributed by atoms with Crippen LogP contribution in [0.5, 0.6) is 0 Å². The number of hydrogen-bond donors (Lipinski definition) is 2. The highest BCUT2D eigenvalue weighted by atomic mass is 32.2. The molecule has 0 radical (unpaired) electrons. The number of sulfonamides is 1. The third-order valence-corrected chi connectivity index (χ3v) is 5.92. The van der Waals surface area contributed by atoms with E-state index in [4.69, 9.17) is 5.14 Å². The Balaban J connectivity index is 1.70. The smallest absolute Gasteiger partial charge is 0.238 e. The van der Waals surface area contributed by atoms with Crippen molar-refractivity contribution in [3.8, 4) is 0 Å². The van der Waals surface area contributed by atoms with Crippen LogP contribution in [0.2, 0.25) is 0 Å². The summed E-state index contributed by atoms with van der Waals surface area (Å²) in [6.07, 6.45) is 0. The van der Waals surface area contributed by atoms with Gasteiger partial charge in [-0.25, -0.2) is 18.5 Å². The summed E-state index contributed by atoms with van der Waals surface area (Å²) in [4.78, 5) is 17.0. The van der Waals surface area contributed by atoms with E-state index in [2.05, 4.69) is 10.3 Å². The van der Waals surface area contributed by atoms with Crippen LogP contribution in [0.1, 0.15) is 6.92 Å². The Morgan fingerprint density at radius 1 is 1.19 bits per heavy atom. The predicted molar refractivity (Wildman–Crippen MR) is 102 cm³/mol. The lowest BCUT2D eigenvalue weighted by Gasteiger charge is -2.12. The summed E-state index contributed by atoms with van der Waals surface area (Å²) >= 11 is 1.35. The Hall–Kier alpha value is -2.36. The molecule has 1 atom stereocenters. The van der Waals surface area contributed by atoms with Gasteiger partial charge in [0, 0.05) is 12.7 Å². The Bertz CT molecular complexity index is 1060. The lowest BCUT2D eigenvalue weighted by Crippen LogP contribution is -2.23. The van der Waals surface area contributed by atoms with Gasteiger partial charge >= 0.3 is 0 Å². The van der Waals surface area contributed by atoms with Gasteiger partial charge in [0.05, 0.1) is 21.2 Å². The third-order valence-electron chi connectivity index (χ3n) is 3.85. The number of nitrogens with two attached hydrogens (primary N) is 1. The molecule has 0 aliphatic carbocycles. The molecular weight excluding hydrogens is 372 g/mol. The highest BCUT2D eigenvalue weighted by Crippen LogP contribution is 2.26. The van der Waals surface area contributed by atoms with Gasteiger partial charge < -0.3 is 9.88 Å². The summed E-state index contributed by atoms with van der Waals surface area (Å²) in [6.45, 7) is 1.79.